The third-order valence-corrected chi connectivity index (χ3v) is 11.5. The molecular weight excluding hydrogens is 398 g/mol. The largest absolute Gasteiger partial charge is 0.457 e. The van der Waals surface area contributed by atoms with Crippen molar-refractivity contribution in [3.63, 3.8) is 0 Å². The van der Waals surface area contributed by atoms with Gasteiger partial charge >= 0.3 is 5.97 Å². The standard InChI is InChI=1S/C23H39NO5Si/c1-11-12-28-22(27)19-16(20(25)13(2)3)14(4)18-17(21(26)24(18)19)15(5)29-30(9,10)23(6,7)8/h11,13-15,17-18,20,25H,1,12H2,2-10H3/t14-,15+,17+,18?,20-/m0/s1. The molecular formula is C23H39NO5Si. The van der Waals surface area contributed by atoms with Crippen molar-refractivity contribution in [2.75, 3.05) is 6.61 Å². The molecule has 2 aliphatic rings. The quantitative estimate of drug-likeness (QED) is 0.270. The zero-order chi connectivity index (χ0) is 23.2. The van der Waals surface area contributed by atoms with E-state index in [1.807, 2.05) is 27.7 Å². The van der Waals surface area contributed by atoms with Gasteiger partial charge in [-0.1, -0.05) is 54.2 Å². The van der Waals surface area contributed by atoms with Gasteiger partial charge in [0.05, 0.1) is 24.2 Å². The first-order valence-corrected chi connectivity index (χ1v) is 13.8. The summed E-state index contributed by atoms with van der Waals surface area (Å²) < 4.78 is 11.8. The Bertz CT molecular complexity index is 736. The maximum absolute atomic E-state index is 13.2. The molecule has 6 nitrogen and oxygen atoms in total. The van der Waals surface area contributed by atoms with Gasteiger partial charge in [0, 0.05) is 5.92 Å². The summed E-state index contributed by atoms with van der Waals surface area (Å²) in [6.07, 6.45) is 0.410. The fourth-order valence-corrected chi connectivity index (χ4v) is 5.68. The lowest BCUT2D eigenvalue weighted by Gasteiger charge is -2.50. The molecule has 0 aliphatic carbocycles. The molecule has 0 aromatic rings. The molecule has 1 N–H and O–H groups in total. The zero-order valence-corrected chi connectivity index (χ0v) is 21.0. The van der Waals surface area contributed by atoms with Crippen LogP contribution in [0, 0.1) is 17.8 Å². The summed E-state index contributed by atoms with van der Waals surface area (Å²) in [6, 6.07) is -0.202. The molecule has 7 heteroatoms. The van der Waals surface area contributed by atoms with Crippen LogP contribution in [0.3, 0.4) is 0 Å². The van der Waals surface area contributed by atoms with Crippen molar-refractivity contribution in [1.82, 2.24) is 4.90 Å². The number of hydrogen-bond donors (Lipinski definition) is 1. The molecule has 0 radical (unpaired) electrons. The average molecular weight is 438 g/mol. The molecule has 0 aromatic carbocycles. The Kier molecular flexibility index (Phi) is 7.11. The fraction of sp³-hybridized carbons (Fsp3) is 0.739. The topological polar surface area (TPSA) is 76.1 Å². The molecule has 0 saturated carbocycles. The summed E-state index contributed by atoms with van der Waals surface area (Å²) in [6.45, 7) is 22.2. The van der Waals surface area contributed by atoms with E-state index in [1.54, 1.807) is 0 Å². The number of β-lactam (4-membered cyclic amide) rings is 1. The van der Waals surface area contributed by atoms with E-state index in [2.05, 4.69) is 40.4 Å². The number of esters is 1. The Morgan fingerprint density at radius 1 is 1.30 bits per heavy atom. The van der Waals surface area contributed by atoms with Gasteiger partial charge in [-0.3, -0.25) is 4.79 Å². The zero-order valence-electron chi connectivity index (χ0n) is 20.0. The van der Waals surface area contributed by atoms with Gasteiger partial charge in [0.25, 0.3) is 0 Å². The number of aliphatic hydroxyl groups excluding tert-OH is 1. The van der Waals surface area contributed by atoms with E-state index < -0.39 is 20.4 Å². The van der Waals surface area contributed by atoms with E-state index in [-0.39, 0.29) is 53.1 Å². The van der Waals surface area contributed by atoms with E-state index in [0.29, 0.717) is 5.57 Å². The number of hydrogen-bond acceptors (Lipinski definition) is 5. The molecule has 170 valence electrons. The van der Waals surface area contributed by atoms with Crippen LogP contribution in [-0.2, 0) is 18.8 Å². The average Bonchev–Trinajstić information content (AvgIpc) is 2.86. The van der Waals surface area contributed by atoms with E-state index in [1.165, 1.54) is 11.0 Å². The number of rotatable bonds is 8. The van der Waals surface area contributed by atoms with Gasteiger partial charge in [0.15, 0.2) is 8.32 Å². The van der Waals surface area contributed by atoms with Crippen molar-refractivity contribution in [1.29, 1.82) is 0 Å². The summed E-state index contributed by atoms with van der Waals surface area (Å²) in [5.41, 5.74) is 0.802. The molecule has 0 aromatic heterocycles. The Labute approximate surface area is 182 Å². The van der Waals surface area contributed by atoms with Gasteiger partial charge in [-0.15, -0.1) is 0 Å². The van der Waals surface area contributed by atoms with Crippen LogP contribution < -0.4 is 0 Å². The number of ether oxygens (including phenoxy) is 1. The molecule has 2 rings (SSSR count). The van der Waals surface area contributed by atoms with Gasteiger partial charge in [-0.25, -0.2) is 4.79 Å². The van der Waals surface area contributed by atoms with Crippen LogP contribution in [0.2, 0.25) is 18.1 Å². The summed E-state index contributed by atoms with van der Waals surface area (Å²) in [4.78, 5) is 27.5. The number of carbonyl (C=O) groups is 2. The number of amides is 1. The molecule has 1 unspecified atom stereocenters. The Balaban J connectivity index is 2.36. The number of nitrogens with zero attached hydrogens (tertiary/aromatic N) is 1. The summed E-state index contributed by atoms with van der Waals surface area (Å²) >= 11 is 0. The predicted molar refractivity (Wildman–Crippen MR) is 120 cm³/mol. The maximum atomic E-state index is 13.2. The van der Waals surface area contributed by atoms with Crippen LogP contribution in [0.1, 0.15) is 48.5 Å². The molecule has 5 atom stereocenters. The highest BCUT2D eigenvalue weighted by Crippen LogP contribution is 2.50. The molecule has 1 fully saturated rings. The van der Waals surface area contributed by atoms with Crippen LogP contribution in [-0.4, -0.2) is 55.1 Å². The van der Waals surface area contributed by atoms with Gasteiger partial charge in [-0.2, -0.15) is 0 Å². The number of carbonyl (C=O) groups excluding carboxylic acids is 2. The lowest BCUT2D eigenvalue weighted by atomic mass is 9.76. The first kappa shape index (κ1) is 24.8. The van der Waals surface area contributed by atoms with Crippen molar-refractivity contribution in [3.8, 4) is 0 Å². The van der Waals surface area contributed by atoms with Crippen LogP contribution in [0.25, 0.3) is 0 Å². The van der Waals surface area contributed by atoms with E-state index >= 15 is 0 Å². The highest BCUT2D eigenvalue weighted by atomic mass is 28.4. The molecule has 2 aliphatic heterocycles. The normalized spacial score (nSPS) is 26.4. The van der Waals surface area contributed by atoms with Crippen LogP contribution >= 0.6 is 0 Å². The Morgan fingerprint density at radius 2 is 1.87 bits per heavy atom. The lowest BCUT2D eigenvalue weighted by Crippen LogP contribution is -2.65. The van der Waals surface area contributed by atoms with E-state index in [9.17, 15) is 14.7 Å². The van der Waals surface area contributed by atoms with Crippen LogP contribution in [0.15, 0.2) is 23.9 Å². The third kappa shape index (κ3) is 4.16. The monoisotopic (exact) mass is 437 g/mol. The first-order chi connectivity index (χ1) is 13.7. The molecule has 0 bridgehead atoms. The van der Waals surface area contributed by atoms with Gasteiger partial charge in [-0.05, 0) is 36.5 Å². The van der Waals surface area contributed by atoms with Crippen LogP contribution in [0.5, 0.6) is 0 Å². The molecule has 2 heterocycles. The molecule has 0 spiro atoms. The highest BCUT2D eigenvalue weighted by molar-refractivity contribution is 6.74. The van der Waals surface area contributed by atoms with Crippen molar-refractivity contribution in [2.24, 2.45) is 17.8 Å². The van der Waals surface area contributed by atoms with Gasteiger partial charge in [0.1, 0.15) is 12.3 Å². The summed E-state index contributed by atoms with van der Waals surface area (Å²) in [5, 5.41) is 10.9. The van der Waals surface area contributed by atoms with Crippen molar-refractivity contribution in [3.05, 3.63) is 23.9 Å². The van der Waals surface area contributed by atoms with E-state index in [0.717, 1.165) is 0 Å². The molecule has 1 saturated heterocycles. The van der Waals surface area contributed by atoms with Crippen molar-refractivity contribution < 1.29 is 23.9 Å². The maximum Gasteiger partial charge on any atom is 0.355 e. The molecule has 30 heavy (non-hydrogen) atoms. The lowest BCUT2D eigenvalue weighted by molar-refractivity contribution is -0.163. The van der Waals surface area contributed by atoms with Crippen molar-refractivity contribution >= 4 is 20.2 Å². The van der Waals surface area contributed by atoms with E-state index in [4.69, 9.17) is 9.16 Å². The second kappa shape index (κ2) is 8.59. The SMILES string of the molecule is C=CCOC(=O)C1=C([C@@H](O)C(C)C)[C@H](C)C2[C@@H]([C@@H](C)O[Si](C)(C)C(C)(C)C)C(=O)N12. The van der Waals surface area contributed by atoms with Crippen LogP contribution in [0.4, 0.5) is 0 Å². The summed E-state index contributed by atoms with van der Waals surface area (Å²) in [7, 11) is -2.06. The fourth-order valence-electron chi connectivity index (χ4n) is 4.25. The Hall–Kier alpha value is -1.44. The van der Waals surface area contributed by atoms with Gasteiger partial charge in [0.2, 0.25) is 5.91 Å². The minimum absolute atomic E-state index is 0.0337. The second-order valence-electron chi connectivity index (χ2n) is 10.5. The number of aliphatic hydroxyl groups is 1. The number of fused-ring (bicyclic) bond motifs is 1. The third-order valence-electron chi connectivity index (χ3n) is 6.97. The Morgan fingerprint density at radius 3 is 2.33 bits per heavy atom. The smallest absolute Gasteiger partial charge is 0.355 e. The van der Waals surface area contributed by atoms with Gasteiger partial charge < -0.3 is 19.2 Å². The summed E-state index contributed by atoms with van der Waals surface area (Å²) in [5.74, 6) is -1.29. The minimum Gasteiger partial charge on any atom is -0.457 e. The molecule has 1 amide bonds. The highest BCUT2D eigenvalue weighted by Gasteiger charge is 2.62. The predicted octanol–water partition coefficient (Wildman–Crippen LogP) is 3.87. The second-order valence-corrected chi connectivity index (χ2v) is 15.2. The van der Waals surface area contributed by atoms with Crippen molar-refractivity contribution in [2.45, 2.75) is 84.8 Å². The minimum atomic E-state index is -2.06. The first-order valence-electron chi connectivity index (χ1n) is 10.9.